The predicted molar refractivity (Wildman–Crippen MR) is 109 cm³/mol. The van der Waals surface area contributed by atoms with Crippen LogP contribution in [-0.2, 0) is 19.1 Å². The van der Waals surface area contributed by atoms with Gasteiger partial charge in [0.25, 0.3) is 0 Å². The van der Waals surface area contributed by atoms with Gasteiger partial charge in [-0.2, -0.15) is 0 Å². The first-order valence-electron chi connectivity index (χ1n) is 8.13. The summed E-state index contributed by atoms with van der Waals surface area (Å²) < 4.78 is 8.67. The standard InChI is InChI=1S/C20H16Br2O6/c1-11-3-7-13(8-4-11)19(25)27-15(17(21)23)16(18(22)24)28-20(26)14-9-5-12(2)6-10-14/h3-10,15-16H,1-2H3. The summed E-state index contributed by atoms with van der Waals surface area (Å²) >= 11 is 5.40. The molecule has 0 N–H and O–H groups in total. The quantitative estimate of drug-likeness (QED) is 0.414. The summed E-state index contributed by atoms with van der Waals surface area (Å²) in [6.07, 6.45) is -3.31. The van der Waals surface area contributed by atoms with Crippen molar-refractivity contribution in [3.63, 3.8) is 0 Å². The number of hydrogen-bond acceptors (Lipinski definition) is 6. The molecule has 0 aliphatic carbocycles. The predicted octanol–water partition coefficient (Wildman–Crippen LogP) is 3.90. The fourth-order valence-corrected chi connectivity index (χ4v) is 2.87. The maximum Gasteiger partial charge on any atom is 0.339 e. The van der Waals surface area contributed by atoms with Crippen molar-refractivity contribution >= 4 is 53.2 Å². The highest BCUT2D eigenvalue weighted by atomic mass is 79.9. The third-order valence-electron chi connectivity index (χ3n) is 3.76. The van der Waals surface area contributed by atoms with Crippen molar-refractivity contribution in [3.05, 3.63) is 70.8 Å². The minimum atomic E-state index is -1.66. The van der Waals surface area contributed by atoms with Gasteiger partial charge in [0.1, 0.15) is 0 Å². The van der Waals surface area contributed by atoms with E-state index < -0.39 is 33.5 Å². The Morgan fingerprint density at radius 3 is 1.18 bits per heavy atom. The van der Waals surface area contributed by atoms with Crippen LogP contribution in [0.25, 0.3) is 0 Å². The average molecular weight is 512 g/mol. The highest BCUT2D eigenvalue weighted by molar-refractivity contribution is 9.18. The first kappa shape index (κ1) is 22.0. The molecule has 0 radical (unpaired) electrons. The van der Waals surface area contributed by atoms with Crippen molar-refractivity contribution in [1.29, 1.82) is 0 Å². The van der Waals surface area contributed by atoms with Crippen LogP contribution in [0.3, 0.4) is 0 Å². The number of halogens is 2. The molecule has 2 aromatic carbocycles. The van der Waals surface area contributed by atoms with E-state index in [4.69, 9.17) is 9.47 Å². The summed E-state index contributed by atoms with van der Waals surface area (Å²) in [6.45, 7) is 3.70. The van der Waals surface area contributed by atoms with Crippen LogP contribution >= 0.6 is 31.9 Å². The Morgan fingerprint density at radius 2 is 0.929 bits per heavy atom. The molecule has 2 atom stereocenters. The van der Waals surface area contributed by atoms with E-state index in [1.807, 2.05) is 13.8 Å². The monoisotopic (exact) mass is 510 g/mol. The van der Waals surface area contributed by atoms with Crippen LogP contribution in [0.2, 0.25) is 0 Å². The minimum Gasteiger partial charge on any atom is -0.445 e. The molecule has 2 unspecified atom stereocenters. The molecule has 0 aliphatic rings. The third kappa shape index (κ3) is 5.84. The smallest absolute Gasteiger partial charge is 0.339 e. The zero-order chi connectivity index (χ0) is 20.8. The largest absolute Gasteiger partial charge is 0.445 e. The van der Waals surface area contributed by atoms with E-state index in [1.54, 1.807) is 24.3 Å². The molecule has 0 fully saturated rings. The van der Waals surface area contributed by atoms with Gasteiger partial charge in [-0.25, -0.2) is 9.59 Å². The second-order valence-corrected chi connectivity index (χ2v) is 7.56. The molecule has 0 saturated carbocycles. The number of carbonyl (C=O) groups excluding carboxylic acids is 4. The Kier molecular flexibility index (Phi) is 7.65. The fraction of sp³-hybridized carbons (Fsp3) is 0.200. The van der Waals surface area contributed by atoms with E-state index >= 15 is 0 Å². The molecule has 0 amide bonds. The maximum absolute atomic E-state index is 12.3. The lowest BCUT2D eigenvalue weighted by Gasteiger charge is -2.22. The van der Waals surface area contributed by atoms with Crippen LogP contribution in [0, 0.1) is 13.8 Å². The van der Waals surface area contributed by atoms with Crippen molar-refractivity contribution in [2.24, 2.45) is 0 Å². The van der Waals surface area contributed by atoms with Gasteiger partial charge in [-0.1, -0.05) is 35.4 Å². The molecule has 2 rings (SSSR count). The summed E-state index contributed by atoms with van der Waals surface area (Å²) in [5.74, 6) is -1.66. The summed E-state index contributed by atoms with van der Waals surface area (Å²) in [5.41, 5.74) is 2.25. The fourth-order valence-electron chi connectivity index (χ4n) is 2.20. The lowest BCUT2D eigenvalue weighted by molar-refractivity contribution is -0.134. The first-order valence-corrected chi connectivity index (χ1v) is 9.71. The van der Waals surface area contributed by atoms with Gasteiger partial charge >= 0.3 is 11.9 Å². The normalized spacial score (nSPS) is 12.6. The van der Waals surface area contributed by atoms with Crippen molar-refractivity contribution < 1.29 is 28.7 Å². The van der Waals surface area contributed by atoms with Gasteiger partial charge in [0, 0.05) is 0 Å². The number of carbonyl (C=O) groups is 4. The van der Waals surface area contributed by atoms with Gasteiger partial charge in [-0.05, 0) is 70.0 Å². The molecule has 146 valence electrons. The van der Waals surface area contributed by atoms with E-state index in [2.05, 4.69) is 31.9 Å². The molecule has 0 spiro atoms. The second kappa shape index (κ2) is 9.75. The topological polar surface area (TPSA) is 86.7 Å². The van der Waals surface area contributed by atoms with Crippen molar-refractivity contribution in [2.45, 2.75) is 26.1 Å². The molecule has 0 aliphatic heterocycles. The van der Waals surface area contributed by atoms with Gasteiger partial charge in [-0.3, -0.25) is 9.59 Å². The Labute approximate surface area is 178 Å². The van der Waals surface area contributed by atoms with Gasteiger partial charge in [0.2, 0.25) is 21.6 Å². The molecular formula is C20H16Br2O6. The Balaban J connectivity index is 2.21. The van der Waals surface area contributed by atoms with Crippen LogP contribution in [0.5, 0.6) is 0 Å². The van der Waals surface area contributed by atoms with Crippen LogP contribution < -0.4 is 0 Å². The number of benzene rings is 2. The van der Waals surface area contributed by atoms with Crippen LogP contribution in [0.4, 0.5) is 0 Å². The van der Waals surface area contributed by atoms with Crippen molar-refractivity contribution in [1.82, 2.24) is 0 Å². The van der Waals surface area contributed by atoms with Crippen molar-refractivity contribution in [2.75, 3.05) is 0 Å². The number of rotatable bonds is 7. The van der Waals surface area contributed by atoms with Crippen molar-refractivity contribution in [3.8, 4) is 0 Å². The van der Waals surface area contributed by atoms with Crippen LogP contribution in [-0.4, -0.2) is 33.5 Å². The summed E-state index contributed by atoms with van der Waals surface area (Å²) in [4.78, 5) is 48.6. The van der Waals surface area contributed by atoms with E-state index in [-0.39, 0.29) is 11.1 Å². The molecular weight excluding hydrogens is 496 g/mol. The van der Waals surface area contributed by atoms with Crippen LogP contribution in [0.15, 0.2) is 48.5 Å². The Morgan fingerprint density at radius 1 is 0.643 bits per heavy atom. The van der Waals surface area contributed by atoms with E-state index in [9.17, 15) is 19.2 Å². The molecule has 6 nitrogen and oxygen atoms in total. The van der Waals surface area contributed by atoms with E-state index in [0.29, 0.717) is 0 Å². The minimum absolute atomic E-state index is 0.190. The number of hydrogen-bond donors (Lipinski definition) is 0. The Bertz CT molecular complexity index is 814. The summed E-state index contributed by atoms with van der Waals surface area (Å²) in [5, 5.41) is 0. The van der Waals surface area contributed by atoms with Gasteiger partial charge in [0.05, 0.1) is 11.1 Å². The Hall–Kier alpha value is -2.32. The molecule has 0 aromatic heterocycles. The molecule has 8 heteroatoms. The third-order valence-corrected chi connectivity index (χ3v) is 4.67. The molecule has 2 aromatic rings. The summed E-state index contributed by atoms with van der Waals surface area (Å²) in [6, 6.07) is 12.9. The second-order valence-electron chi connectivity index (χ2n) is 5.99. The average Bonchev–Trinajstić information content (AvgIpc) is 2.64. The maximum atomic E-state index is 12.3. The molecule has 0 heterocycles. The van der Waals surface area contributed by atoms with Gasteiger partial charge in [0.15, 0.2) is 0 Å². The highest BCUT2D eigenvalue weighted by Gasteiger charge is 2.38. The SMILES string of the molecule is Cc1ccc(C(=O)OC(C(=O)Br)C(OC(=O)c2ccc(C)cc2)C(=O)Br)cc1. The lowest BCUT2D eigenvalue weighted by atomic mass is 10.1. The van der Waals surface area contributed by atoms with Gasteiger partial charge in [-0.15, -0.1) is 0 Å². The zero-order valence-electron chi connectivity index (χ0n) is 15.0. The number of ether oxygens (including phenoxy) is 2. The van der Waals surface area contributed by atoms with E-state index in [1.165, 1.54) is 24.3 Å². The highest BCUT2D eigenvalue weighted by Crippen LogP contribution is 2.18. The van der Waals surface area contributed by atoms with Crippen LogP contribution in [0.1, 0.15) is 31.8 Å². The summed E-state index contributed by atoms with van der Waals surface area (Å²) in [7, 11) is 0. The number of esters is 2. The molecule has 28 heavy (non-hydrogen) atoms. The molecule has 0 saturated heterocycles. The van der Waals surface area contributed by atoms with Gasteiger partial charge < -0.3 is 9.47 Å². The number of aryl methyl sites for hydroxylation is 2. The zero-order valence-corrected chi connectivity index (χ0v) is 18.2. The lowest BCUT2D eigenvalue weighted by Crippen LogP contribution is -2.42. The first-order chi connectivity index (χ1) is 13.2. The molecule has 0 bridgehead atoms. The van der Waals surface area contributed by atoms with E-state index in [0.717, 1.165) is 11.1 Å².